The van der Waals surface area contributed by atoms with E-state index < -0.39 is 71.4 Å². The van der Waals surface area contributed by atoms with Crippen LogP contribution in [-0.4, -0.2) is 109 Å². The zero-order chi connectivity index (χ0) is 22.6. The van der Waals surface area contributed by atoms with Gasteiger partial charge in [0.25, 0.3) is 0 Å². The smallest absolute Gasteiger partial charge is 0.396 e. The Morgan fingerprint density at radius 3 is 2.30 bits per heavy atom. The number of ether oxygens (including phenoxy) is 2. The molecule has 1 saturated carbocycles. The van der Waals surface area contributed by atoms with Crippen molar-refractivity contribution >= 4 is 10.4 Å². The van der Waals surface area contributed by atoms with Crippen LogP contribution >= 0.6 is 0 Å². The summed E-state index contributed by atoms with van der Waals surface area (Å²) in [6, 6.07) is -3.67. The van der Waals surface area contributed by atoms with Crippen molar-refractivity contribution < 1.29 is 41.9 Å². The lowest BCUT2D eigenvalue weighted by Gasteiger charge is -2.47. The van der Waals surface area contributed by atoms with Crippen LogP contribution in [0.15, 0.2) is 0 Å². The quantitative estimate of drug-likeness (QED) is 0.115. The van der Waals surface area contributed by atoms with Gasteiger partial charge in [0.15, 0.2) is 6.29 Å². The molecule has 10 atom stereocenters. The van der Waals surface area contributed by atoms with Crippen molar-refractivity contribution in [3.63, 3.8) is 0 Å². The van der Waals surface area contributed by atoms with Gasteiger partial charge >= 0.3 is 10.4 Å². The predicted octanol–water partition coefficient (Wildman–Crippen LogP) is -5.31. The number of hydrogen-bond donors (Lipinski definition) is 9. The van der Waals surface area contributed by atoms with Gasteiger partial charge in [-0.15, -0.1) is 0 Å². The van der Waals surface area contributed by atoms with Crippen molar-refractivity contribution in [3.8, 4) is 0 Å². The van der Waals surface area contributed by atoms with Crippen LogP contribution < -0.4 is 28.3 Å². The fourth-order valence-corrected chi connectivity index (χ4v) is 4.31. The Morgan fingerprint density at radius 2 is 1.73 bits per heavy atom. The topological polar surface area (TPSA) is 259 Å². The molecule has 0 spiro atoms. The fourth-order valence-electron chi connectivity index (χ4n) is 3.76. The molecule has 2 fully saturated rings. The number of aliphatic hydroxyl groups is 3. The lowest BCUT2D eigenvalue weighted by molar-refractivity contribution is -0.278. The first-order valence-electron chi connectivity index (χ1n) is 9.64. The molecule has 0 aromatic carbocycles. The highest BCUT2D eigenvalue weighted by Gasteiger charge is 2.49. The second kappa shape index (κ2) is 10.9. The van der Waals surface area contributed by atoms with Crippen molar-refractivity contribution in [2.45, 2.75) is 73.8 Å². The van der Waals surface area contributed by atoms with Crippen LogP contribution in [0.3, 0.4) is 0 Å². The highest BCUT2D eigenvalue weighted by Crippen LogP contribution is 2.29. The maximum Gasteiger partial charge on any atom is 0.397 e. The molecule has 2 aliphatic rings. The summed E-state index contributed by atoms with van der Waals surface area (Å²) in [6.45, 7) is -0.0126. The molecule has 0 bridgehead atoms. The van der Waals surface area contributed by atoms with Crippen LogP contribution in [0.4, 0.5) is 0 Å². The average molecular weight is 460 g/mol. The zero-order valence-corrected chi connectivity index (χ0v) is 17.2. The summed E-state index contributed by atoms with van der Waals surface area (Å²) in [7, 11) is -4.85. The molecule has 178 valence electrons. The molecule has 1 heterocycles. The van der Waals surface area contributed by atoms with Gasteiger partial charge in [0.05, 0.1) is 18.2 Å². The minimum atomic E-state index is -4.85. The standard InChI is InChI=1S/C15H33N5O9S/c16-5-8-11(22)12(23)9(19)15(27-8)28-13-6(17)4-7(18)14(29-30(24,25)26)10(13)20-2-1-3-21/h6-15,20-23H,1-5,16-19H2,(H,24,25,26)/t6-,7+,8+,9+,10+,11+,12+,13+,14-,15+/m0/s1. The molecule has 13 N–H and O–H groups in total. The van der Waals surface area contributed by atoms with Crippen LogP contribution in [0.25, 0.3) is 0 Å². The largest absolute Gasteiger partial charge is 0.397 e. The van der Waals surface area contributed by atoms with Crippen molar-refractivity contribution in [2.75, 3.05) is 19.7 Å². The molecule has 1 aliphatic heterocycles. The monoisotopic (exact) mass is 459 g/mol. The molecule has 0 radical (unpaired) electrons. The Balaban J connectivity index is 2.26. The van der Waals surface area contributed by atoms with Gasteiger partial charge in [0.1, 0.15) is 24.4 Å². The summed E-state index contributed by atoms with van der Waals surface area (Å²) in [5, 5.41) is 32.2. The molecular weight excluding hydrogens is 426 g/mol. The molecule has 30 heavy (non-hydrogen) atoms. The van der Waals surface area contributed by atoms with Crippen LogP contribution in [0.2, 0.25) is 0 Å². The Bertz CT molecular complexity index is 642. The third-order valence-electron chi connectivity index (χ3n) is 5.32. The van der Waals surface area contributed by atoms with E-state index in [1.54, 1.807) is 0 Å². The Labute approximate surface area is 174 Å². The fraction of sp³-hybridized carbons (Fsp3) is 1.00. The molecule has 0 aromatic rings. The van der Waals surface area contributed by atoms with Crippen molar-refractivity contribution in [1.29, 1.82) is 0 Å². The number of hydrogen-bond acceptors (Lipinski definition) is 13. The molecular formula is C15H33N5O9S. The van der Waals surface area contributed by atoms with Gasteiger partial charge in [-0.05, 0) is 19.4 Å². The number of rotatable bonds is 9. The Hall–Kier alpha value is -0.530. The molecule has 0 unspecified atom stereocenters. The van der Waals surface area contributed by atoms with Crippen LogP contribution in [-0.2, 0) is 24.1 Å². The molecule has 0 aromatic heterocycles. The van der Waals surface area contributed by atoms with E-state index in [0.717, 1.165) is 0 Å². The normalized spacial score (nSPS) is 42.9. The second-order valence-corrected chi connectivity index (χ2v) is 8.59. The highest BCUT2D eigenvalue weighted by molar-refractivity contribution is 7.80. The van der Waals surface area contributed by atoms with Gasteiger partial charge < -0.3 is 53.0 Å². The SMILES string of the molecule is NC[C@H]1O[C@H](O[C@H]2[C@@H](NCCCO)[C@@H](OS(=O)(=O)O)[C@H](N)C[C@@H]2N)[C@H](N)[C@@H](O)[C@@H]1O. The van der Waals surface area contributed by atoms with Gasteiger partial charge in [-0.1, -0.05) is 0 Å². The lowest BCUT2D eigenvalue weighted by Crippen LogP contribution is -2.70. The molecule has 1 aliphatic carbocycles. The van der Waals surface area contributed by atoms with Gasteiger partial charge in [0, 0.05) is 25.2 Å². The lowest BCUT2D eigenvalue weighted by atomic mass is 9.82. The molecule has 15 heteroatoms. The number of aliphatic hydroxyl groups excluding tert-OH is 3. The zero-order valence-electron chi connectivity index (χ0n) is 16.4. The average Bonchev–Trinajstić information content (AvgIpc) is 2.66. The Morgan fingerprint density at radius 1 is 1.10 bits per heavy atom. The molecule has 0 amide bonds. The van der Waals surface area contributed by atoms with Crippen LogP contribution in [0.1, 0.15) is 12.8 Å². The minimum Gasteiger partial charge on any atom is -0.396 e. The van der Waals surface area contributed by atoms with Crippen LogP contribution in [0.5, 0.6) is 0 Å². The van der Waals surface area contributed by atoms with E-state index in [2.05, 4.69) is 5.32 Å². The summed E-state index contributed by atoms with van der Waals surface area (Å²) in [5.41, 5.74) is 23.7. The Kier molecular flexibility index (Phi) is 9.32. The number of nitrogens with one attached hydrogen (secondary N) is 1. The third-order valence-corrected chi connectivity index (χ3v) is 5.78. The van der Waals surface area contributed by atoms with E-state index >= 15 is 0 Å². The number of nitrogens with two attached hydrogens (primary N) is 4. The minimum absolute atomic E-state index is 0.0798. The highest BCUT2D eigenvalue weighted by atomic mass is 32.3. The van der Waals surface area contributed by atoms with E-state index in [0.29, 0.717) is 6.42 Å². The maximum atomic E-state index is 11.3. The van der Waals surface area contributed by atoms with Gasteiger partial charge in [-0.25, -0.2) is 4.18 Å². The summed E-state index contributed by atoms with van der Waals surface area (Å²) < 4.78 is 48.1. The molecule has 1 saturated heterocycles. The first-order chi connectivity index (χ1) is 14.0. The first kappa shape index (κ1) is 25.7. The summed E-state index contributed by atoms with van der Waals surface area (Å²) in [4.78, 5) is 0. The van der Waals surface area contributed by atoms with Gasteiger partial charge in [-0.3, -0.25) is 4.55 Å². The van der Waals surface area contributed by atoms with Crippen molar-refractivity contribution in [3.05, 3.63) is 0 Å². The molecule has 14 nitrogen and oxygen atoms in total. The van der Waals surface area contributed by atoms with Gasteiger partial charge in [-0.2, -0.15) is 8.42 Å². The first-order valence-corrected chi connectivity index (χ1v) is 11.0. The predicted molar refractivity (Wildman–Crippen MR) is 103 cm³/mol. The van der Waals surface area contributed by atoms with E-state index in [4.69, 9.17) is 46.3 Å². The second-order valence-electron chi connectivity index (χ2n) is 7.55. The van der Waals surface area contributed by atoms with Crippen LogP contribution in [0, 0.1) is 0 Å². The van der Waals surface area contributed by atoms with Gasteiger partial charge in [0.2, 0.25) is 0 Å². The third kappa shape index (κ3) is 6.26. The van der Waals surface area contributed by atoms with Crippen molar-refractivity contribution in [2.24, 2.45) is 22.9 Å². The van der Waals surface area contributed by atoms with Crippen molar-refractivity contribution in [1.82, 2.24) is 5.32 Å². The van der Waals surface area contributed by atoms with E-state index in [9.17, 15) is 18.6 Å². The van der Waals surface area contributed by atoms with E-state index in [1.807, 2.05) is 0 Å². The molecule has 2 rings (SSSR count). The summed E-state index contributed by atoms with van der Waals surface area (Å²) >= 11 is 0. The van der Waals surface area contributed by atoms with E-state index in [-0.39, 0.29) is 26.1 Å². The maximum absolute atomic E-state index is 11.3. The summed E-state index contributed by atoms with van der Waals surface area (Å²) in [6.07, 6.45) is -6.68. The summed E-state index contributed by atoms with van der Waals surface area (Å²) in [5.74, 6) is 0. The van der Waals surface area contributed by atoms with E-state index in [1.165, 1.54) is 0 Å².